The van der Waals surface area contributed by atoms with E-state index < -0.39 is 0 Å². The number of ether oxygens (including phenoxy) is 1. The van der Waals surface area contributed by atoms with Crippen molar-refractivity contribution in [2.24, 2.45) is 10.7 Å². The highest BCUT2D eigenvalue weighted by molar-refractivity contribution is 6.33. The van der Waals surface area contributed by atoms with E-state index in [9.17, 15) is 0 Å². The highest BCUT2D eigenvalue weighted by Gasteiger charge is 2.19. The van der Waals surface area contributed by atoms with Crippen molar-refractivity contribution in [1.82, 2.24) is 19.9 Å². The Morgan fingerprint density at radius 3 is 2.91 bits per heavy atom. The zero-order valence-electron chi connectivity index (χ0n) is 19.8. The molecule has 4 N–H and O–H groups in total. The summed E-state index contributed by atoms with van der Waals surface area (Å²) in [5, 5.41) is 12.3. The molecule has 8 nitrogen and oxygen atoms in total. The number of aryl methyl sites for hydroxylation is 1. The van der Waals surface area contributed by atoms with Crippen LogP contribution in [-0.2, 0) is 0 Å². The smallest absolute Gasteiger partial charge is 0.213 e. The van der Waals surface area contributed by atoms with Gasteiger partial charge in [-0.2, -0.15) is 5.10 Å². The molecular weight excluding hydrogens is 462 g/mol. The second kappa shape index (κ2) is 9.93. The molecule has 0 unspecified atom stereocenters. The number of nitrogens with zero attached hydrogens (tertiary/aromatic N) is 4. The van der Waals surface area contributed by atoms with Crippen LogP contribution < -0.4 is 21.1 Å². The summed E-state index contributed by atoms with van der Waals surface area (Å²) in [5.41, 5.74) is 12.7. The molecule has 1 aromatic carbocycles. The number of aliphatic imine (C=N–C) groups is 1. The highest BCUT2D eigenvalue weighted by Crippen LogP contribution is 2.32. The third-order valence-corrected chi connectivity index (χ3v) is 6.62. The lowest BCUT2D eigenvalue weighted by Gasteiger charge is -2.16. The normalized spacial score (nSPS) is 16.1. The Hall–Kier alpha value is -3.62. The maximum absolute atomic E-state index is 6.51. The van der Waals surface area contributed by atoms with Gasteiger partial charge in [-0.3, -0.25) is 0 Å². The summed E-state index contributed by atoms with van der Waals surface area (Å²) in [6.07, 6.45) is 7.88. The maximum Gasteiger partial charge on any atom is 0.213 e. The Balaban J connectivity index is 1.59. The molecule has 180 valence electrons. The van der Waals surface area contributed by atoms with E-state index in [2.05, 4.69) is 31.8 Å². The molecular formula is C26H28ClN7O. The Labute approximate surface area is 209 Å². The molecule has 1 atom stereocenters. The van der Waals surface area contributed by atoms with Gasteiger partial charge in [-0.1, -0.05) is 23.7 Å². The van der Waals surface area contributed by atoms with Crippen LogP contribution in [0.2, 0.25) is 5.02 Å². The SMILES string of the molecule is COc1cc(C)c(-c2cc3c(NC[C@@H]4CCCN4)c(C(N)=Nc4ccccc4Cl)cnn3c2)cn1. The van der Waals surface area contributed by atoms with Crippen molar-refractivity contribution in [3.8, 4) is 17.0 Å². The molecule has 4 aromatic rings. The second-order valence-corrected chi connectivity index (χ2v) is 9.06. The van der Waals surface area contributed by atoms with Crippen molar-refractivity contribution in [1.29, 1.82) is 0 Å². The van der Waals surface area contributed by atoms with E-state index in [0.717, 1.165) is 53.0 Å². The minimum absolute atomic E-state index is 0.347. The van der Waals surface area contributed by atoms with Crippen molar-refractivity contribution in [2.75, 3.05) is 25.5 Å². The number of hydrogen-bond donors (Lipinski definition) is 3. The number of benzene rings is 1. The van der Waals surface area contributed by atoms with Crippen molar-refractivity contribution in [3.63, 3.8) is 0 Å². The number of hydrogen-bond acceptors (Lipinski definition) is 6. The molecule has 9 heteroatoms. The number of para-hydroxylation sites is 1. The molecule has 0 radical (unpaired) electrons. The van der Waals surface area contributed by atoms with E-state index in [0.29, 0.717) is 28.5 Å². The van der Waals surface area contributed by atoms with Gasteiger partial charge in [0.1, 0.15) is 5.84 Å². The van der Waals surface area contributed by atoms with E-state index in [1.165, 1.54) is 6.42 Å². The number of nitrogens with one attached hydrogen (secondary N) is 2. The fourth-order valence-electron chi connectivity index (χ4n) is 4.42. The van der Waals surface area contributed by atoms with Crippen LogP contribution >= 0.6 is 11.6 Å². The minimum Gasteiger partial charge on any atom is -0.481 e. The summed E-state index contributed by atoms with van der Waals surface area (Å²) in [5.74, 6) is 0.936. The quantitative estimate of drug-likeness (QED) is 0.259. The number of fused-ring (bicyclic) bond motifs is 1. The maximum atomic E-state index is 6.51. The lowest BCUT2D eigenvalue weighted by molar-refractivity contribution is 0.397. The first kappa shape index (κ1) is 23.1. The van der Waals surface area contributed by atoms with Gasteiger partial charge in [0.15, 0.2) is 0 Å². The molecule has 0 bridgehead atoms. The summed E-state index contributed by atoms with van der Waals surface area (Å²) in [6, 6.07) is 11.8. The monoisotopic (exact) mass is 489 g/mol. The van der Waals surface area contributed by atoms with Crippen LogP contribution in [0, 0.1) is 6.92 Å². The number of pyridine rings is 1. The lowest BCUT2D eigenvalue weighted by Crippen LogP contribution is -2.30. The fourth-order valence-corrected chi connectivity index (χ4v) is 4.59. The van der Waals surface area contributed by atoms with Crippen LogP contribution in [0.15, 0.2) is 60.0 Å². The van der Waals surface area contributed by atoms with E-state index >= 15 is 0 Å². The van der Waals surface area contributed by atoms with Gasteiger partial charge in [-0.15, -0.1) is 0 Å². The number of halogens is 1. The number of anilines is 1. The van der Waals surface area contributed by atoms with Crippen LogP contribution in [0.25, 0.3) is 16.6 Å². The van der Waals surface area contributed by atoms with Crippen molar-refractivity contribution < 1.29 is 4.74 Å². The molecule has 1 aliphatic heterocycles. The zero-order chi connectivity index (χ0) is 24.4. The highest BCUT2D eigenvalue weighted by atomic mass is 35.5. The number of amidine groups is 1. The van der Waals surface area contributed by atoms with Gasteiger partial charge >= 0.3 is 0 Å². The first-order chi connectivity index (χ1) is 17.0. The number of rotatable bonds is 7. The number of nitrogens with two attached hydrogens (primary N) is 1. The van der Waals surface area contributed by atoms with Gasteiger partial charge in [-0.25, -0.2) is 14.5 Å². The summed E-state index contributed by atoms with van der Waals surface area (Å²) in [6.45, 7) is 3.86. The molecule has 0 aliphatic carbocycles. The molecule has 1 aliphatic rings. The van der Waals surface area contributed by atoms with Gasteiger partial charge < -0.3 is 21.1 Å². The molecule has 5 rings (SSSR count). The molecule has 3 aromatic heterocycles. The van der Waals surface area contributed by atoms with Gasteiger partial charge in [0.05, 0.1) is 40.8 Å². The molecule has 1 saturated heterocycles. The Morgan fingerprint density at radius 2 is 2.17 bits per heavy atom. The van der Waals surface area contributed by atoms with E-state index in [1.807, 2.05) is 48.1 Å². The van der Waals surface area contributed by atoms with Crippen molar-refractivity contribution in [3.05, 3.63) is 71.1 Å². The third-order valence-electron chi connectivity index (χ3n) is 6.30. The summed E-state index contributed by atoms with van der Waals surface area (Å²) in [4.78, 5) is 9.00. The van der Waals surface area contributed by atoms with Gasteiger partial charge in [-0.05, 0) is 50.1 Å². The van der Waals surface area contributed by atoms with E-state index in [4.69, 9.17) is 22.1 Å². The van der Waals surface area contributed by atoms with Gasteiger partial charge in [0.2, 0.25) is 5.88 Å². The number of methoxy groups -OCH3 is 1. The van der Waals surface area contributed by atoms with Crippen LogP contribution in [0.5, 0.6) is 5.88 Å². The summed E-state index contributed by atoms with van der Waals surface area (Å²) < 4.78 is 7.12. The summed E-state index contributed by atoms with van der Waals surface area (Å²) >= 11 is 6.32. The first-order valence-corrected chi connectivity index (χ1v) is 12.0. The average Bonchev–Trinajstić information content (AvgIpc) is 3.53. The minimum atomic E-state index is 0.347. The topological polar surface area (TPSA) is 102 Å². The molecule has 4 heterocycles. The van der Waals surface area contributed by atoms with Crippen molar-refractivity contribution in [2.45, 2.75) is 25.8 Å². The fraction of sp³-hybridized carbons (Fsp3) is 0.269. The van der Waals surface area contributed by atoms with Gasteiger partial charge in [0.25, 0.3) is 0 Å². The Morgan fingerprint density at radius 1 is 1.31 bits per heavy atom. The van der Waals surface area contributed by atoms with Gasteiger partial charge in [0, 0.05) is 42.2 Å². The predicted molar refractivity (Wildman–Crippen MR) is 141 cm³/mol. The first-order valence-electron chi connectivity index (χ1n) is 11.6. The van der Waals surface area contributed by atoms with E-state index in [1.54, 1.807) is 19.4 Å². The standard InChI is InChI=1S/C26H28ClN7O/c1-16-10-24(35-2)30-13-19(16)17-11-23-25(31-12-18-6-5-9-29-18)20(14-32-34(23)15-17)26(28)33-22-8-4-3-7-21(22)27/h3-4,7-8,10-11,13-15,18,29,31H,5-6,9,12H2,1-2H3,(H2,28,33)/t18-/m0/s1. The van der Waals surface area contributed by atoms with Crippen LogP contribution in [0.4, 0.5) is 11.4 Å². The number of aromatic nitrogens is 3. The summed E-state index contributed by atoms with van der Waals surface area (Å²) in [7, 11) is 1.62. The molecule has 35 heavy (non-hydrogen) atoms. The molecule has 1 fully saturated rings. The lowest BCUT2D eigenvalue weighted by atomic mass is 10.1. The molecule has 0 spiro atoms. The molecule has 0 saturated carbocycles. The predicted octanol–water partition coefficient (Wildman–Crippen LogP) is 4.57. The largest absolute Gasteiger partial charge is 0.481 e. The van der Waals surface area contributed by atoms with Crippen LogP contribution in [0.3, 0.4) is 0 Å². The average molecular weight is 490 g/mol. The molecule has 0 amide bonds. The van der Waals surface area contributed by atoms with Crippen molar-refractivity contribution >= 4 is 34.3 Å². The zero-order valence-corrected chi connectivity index (χ0v) is 20.5. The van der Waals surface area contributed by atoms with Crippen LogP contribution in [-0.4, -0.2) is 46.7 Å². The Bertz CT molecular complexity index is 1390. The Kier molecular flexibility index (Phi) is 6.57. The van der Waals surface area contributed by atoms with Crippen LogP contribution in [0.1, 0.15) is 24.0 Å². The second-order valence-electron chi connectivity index (χ2n) is 8.66. The third kappa shape index (κ3) is 4.80. The van der Waals surface area contributed by atoms with E-state index in [-0.39, 0.29) is 0 Å².